The fraction of sp³-hybridized carbons (Fsp3) is 0.786. The molecule has 0 aromatic carbocycles. The first-order chi connectivity index (χ1) is 7.85. The van der Waals surface area contributed by atoms with Crippen molar-refractivity contribution in [3.05, 3.63) is 12.7 Å². The molecule has 16 heavy (non-hydrogen) atoms. The summed E-state index contributed by atoms with van der Waals surface area (Å²) in [5, 5.41) is 12.0. The maximum Gasteiger partial charge on any atom is 0.0955 e. The Balaban J connectivity index is 3.28. The van der Waals surface area contributed by atoms with Gasteiger partial charge in [0.05, 0.1) is 12.1 Å². The van der Waals surface area contributed by atoms with Crippen LogP contribution in [0.3, 0.4) is 0 Å². The van der Waals surface area contributed by atoms with Gasteiger partial charge in [-0.05, 0) is 6.42 Å². The summed E-state index contributed by atoms with van der Waals surface area (Å²) in [7, 11) is 0. The van der Waals surface area contributed by atoms with Crippen LogP contribution in [-0.2, 0) is 0 Å². The molecule has 0 aliphatic rings. The second kappa shape index (κ2) is 12.3. The number of hydrogen-bond donors (Lipinski definition) is 1. The van der Waals surface area contributed by atoms with E-state index in [1.165, 1.54) is 38.5 Å². The van der Waals surface area contributed by atoms with Gasteiger partial charge in [-0.3, -0.25) is 5.32 Å². The highest BCUT2D eigenvalue weighted by Gasteiger charge is 2.03. The Morgan fingerprint density at radius 3 is 2.38 bits per heavy atom. The summed E-state index contributed by atoms with van der Waals surface area (Å²) in [6.07, 6.45) is 11.9. The summed E-state index contributed by atoms with van der Waals surface area (Å²) >= 11 is 0. The largest absolute Gasteiger partial charge is 0.298 e. The van der Waals surface area contributed by atoms with Crippen molar-refractivity contribution in [3.63, 3.8) is 0 Å². The lowest BCUT2D eigenvalue weighted by atomic mass is 10.1. The molecule has 2 heteroatoms. The highest BCUT2D eigenvalue weighted by atomic mass is 14.9. The molecule has 0 amide bonds. The van der Waals surface area contributed by atoms with E-state index in [0.29, 0.717) is 0 Å². The average Bonchev–Trinajstić information content (AvgIpc) is 2.32. The molecule has 0 rings (SSSR count). The average molecular weight is 222 g/mol. The van der Waals surface area contributed by atoms with Crippen LogP contribution < -0.4 is 5.32 Å². The first-order valence-corrected chi connectivity index (χ1v) is 6.59. The van der Waals surface area contributed by atoms with Gasteiger partial charge in [0.15, 0.2) is 0 Å². The van der Waals surface area contributed by atoms with E-state index in [-0.39, 0.29) is 6.04 Å². The zero-order valence-corrected chi connectivity index (χ0v) is 10.7. The van der Waals surface area contributed by atoms with Crippen molar-refractivity contribution in [1.29, 1.82) is 5.26 Å². The summed E-state index contributed by atoms with van der Waals surface area (Å²) in [6.45, 7) is 6.60. The second-order valence-electron chi connectivity index (χ2n) is 4.29. The molecule has 0 saturated heterocycles. The van der Waals surface area contributed by atoms with Gasteiger partial charge in [-0.1, -0.05) is 57.9 Å². The van der Waals surface area contributed by atoms with Crippen LogP contribution in [0.1, 0.15) is 58.3 Å². The quantitative estimate of drug-likeness (QED) is 0.426. The Morgan fingerprint density at radius 1 is 1.19 bits per heavy atom. The van der Waals surface area contributed by atoms with E-state index in [1.54, 1.807) is 6.08 Å². The molecule has 1 unspecified atom stereocenters. The van der Waals surface area contributed by atoms with Crippen LogP contribution in [0, 0.1) is 11.3 Å². The zero-order chi connectivity index (χ0) is 12.1. The summed E-state index contributed by atoms with van der Waals surface area (Å²) in [5.41, 5.74) is 0. The van der Waals surface area contributed by atoms with E-state index in [1.807, 2.05) is 0 Å². The molecule has 2 nitrogen and oxygen atoms in total. The molecule has 0 aliphatic heterocycles. The smallest absolute Gasteiger partial charge is 0.0955 e. The third-order valence-corrected chi connectivity index (χ3v) is 2.76. The Bertz CT molecular complexity index is 193. The van der Waals surface area contributed by atoms with Crippen molar-refractivity contribution in [2.24, 2.45) is 0 Å². The molecule has 0 radical (unpaired) electrons. The van der Waals surface area contributed by atoms with Crippen LogP contribution >= 0.6 is 0 Å². The predicted molar refractivity (Wildman–Crippen MR) is 70.2 cm³/mol. The fourth-order valence-electron chi connectivity index (χ4n) is 1.74. The summed E-state index contributed by atoms with van der Waals surface area (Å²) in [4.78, 5) is 0. The van der Waals surface area contributed by atoms with Gasteiger partial charge in [0.25, 0.3) is 0 Å². The number of hydrogen-bond acceptors (Lipinski definition) is 2. The van der Waals surface area contributed by atoms with Gasteiger partial charge in [-0.15, -0.1) is 6.58 Å². The molecule has 0 aromatic heterocycles. The van der Waals surface area contributed by atoms with Crippen LogP contribution in [0.4, 0.5) is 0 Å². The lowest BCUT2D eigenvalue weighted by molar-refractivity contribution is 0.527. The molecular formula is C14H26N2. The molecule has 0 bridgehead atoms. The van der Waals surface area contributed by atoms with Crippen LogP contribution in [0.25, 0.3) is 0 Å². The molecule has 1 N–H and O–H groups in total. The monoisotopic (exact) mass is 222 g/mol. The van der Waals surface area contributed by atoms with Crippen LogP contribution in [0.5, 0.6) is 0 Å². The Kier molecular flexibility index (Phi) is 11.6. The van der Waals surface area contributed by atoms with Crippen molar-refractivity contribution >= 4 is 0 Å². The molecule has 92 valence electrons. The van der Waals surface area contributed by atoms with E-state index in [4.69, 9.17) is 5.26 Å². The normalized spacial score (nSPS) is 12.0. The lowest BCUT2D eigenvalue weighted by Crippen LogP contribution is -2.27. The van der Waals surface area contributed by atoms with E-state index in [9.17, 15) is 0 Å². The fourth-order valence-corrected chi connectivity index (χ4v) is 1.74. The minimum absolute atomic E-state index is 0.00800. The van der Waals surface area contributed by atoms with Crippen LogP contribution in [-0.4, -0.2) is 12.6 Å². The van der Waals surface area contributed by atoms with Crippen molar-refractivity contribution in [2.75, 3.05) is 6.54 Å². The highest BCUT2D eigenvalue weighted by Crippen LogP contribution is 2.09. The van der Waals surface area contributed by atoms with Crippen LogP contribution in [0.15, 0.2) is 12.7 Å². The minimum Gasteiger partial charge on any atom is -0.298 e. The second-order valence-corrected chi connectivity index (χ2v) is 4.29. The van der Waals surface area contributed by atoms with Crippen molar-refractivity contribution in [2.45, 2.75) is 64.3 Å². The molecular weight excluding hydrogens is 196 g/mol. The third kappa shape index (κ3) is 9.73. The van der Waals surface area contributed by atoms with E-state index in [0.717, 1.165) is 19.4 Å². The number of rotatable bonds is 11. The molecule has 0 fully saturated rings. The molecule has 1 atom stereocenters. The standard InChI is InChI=1S/C14H26N2/c1-3-5-6-7-8-9-10-11-14(13-15)16-12-4-2/h4,14,16H,2-3,5-12H2,1H3. The van der Waals surface area contributed by atoms with Gasteiger partial charge >= 0.3 is 0 Å². The highest BCUT2D eigenvalue weighted by molar-refractivity contribution is 4.91. The maximum absolute atomic E-state index is 8.88. The van der Waals surface area contributed by atoms with Gasteiger partial charge in [0, 0.05) is 6.54 Å². The van der Waals surface area contributed by atoms with Crippen molar-refractivity contribution in [3.8, 4) is 6.07 Å². The number of unbranched alkanes of at least 4 members (excludes halogenated alkanes) is 6. The van der Waals surface area contributed by atoms with Crippen LogP contribution in [0.2, 0.25) is 0 Å². The SMILES string of the molecule is C=CCNC(C#N)CCCCCCCCC. The van der Waals surface area contributed by atoms with E-state index >= 15 is 0 Å². The molecule has 0 spiro atoms. The Labute approximate surface area is 101 Å². The number of nitriles is 1. The predicted octanol–water partition coefficient (Wildman–Crippen LogP) is 3.79. The minimum atomic E-state index is 0.00800. The lowest BCUT2D eigenvalue weighted by Gasteiger charge is -2.09. The summed E-state index contributed by atoms with van der Waals surface area (Å²) < 4.78 is 0. The molecule has 0 heterocycles. The molecule has 0 saturated carbocycles. The molecule has 0 aliphatic carbocycles. The number of nitrogens with zero attached hydrogens (tertiary/aromatic N) is 1. The summed E-state index contributed by atoms with van der Waals surface area (Å²) in [5.74, 6) is 0. The first-order valence-electron chi connectivity index (χ1n) is 6.59. The first kappa shape index (κ1) is 15.2. The van der Waals surface area contributed by atoms with Crippen molar-refractivity contribution in [1.82, 2.24) is 5.32 Å². The van der Waals surface area contributed by atoms with E-state index in [2.05, 4.69) is 24.9 Å². The van der Waals surface area contributed by atoms with Gasteiger partial charge < -0.3 is 0 Å². The van der Waals surface area contributed by atoms with Gasteiger partial charge in [-0.25, -0.2) is 0 Å². The topological polar surface area (TPSA) is 35.8 Å². The van der Waals surface area contributed by atoms with E-state index < -0.39 is 0 Å². The van der Waals surface area contributed by atoms with Crippen molar-refractivity contribution < 1.29 is 0 Å². The van der Waals surface area contributed by atoms with Gasteiger partial charge in [-0.2, -0.15) is 5.26 Å². The summed E-state index contributed by atoms with van der Waals surface area (Å²) in [6, 6.07) is 2.30. The Hall–Kier alpha value is -0.810. The molecule has 0 aromatic rings. The Morgan fingerprint density at radius 2 is 1.81 bits per heavy atom. The third-order valence-electron chi connectivity index (χ3n) is 2.76. The van der Waals surface area contributed by atoms with Gasteiger partial charge in [0.1, 0.15) is 0 Å². The van der Waals surface area contributed by atoms with Gasteiger partial charge in [0.2, 0.25) is 0 Å². The zero-order valence-electron chi connectivity index (χ0n) is 10.7. The maximum atomic E-state index is 8.88. The number of nitrogens with one attached hydrogen (secondary N) is 1.